The van der Waals surface area contributed by atoms with Gasteiger partial charge in [-0.05, 0) is 0 Å². The van der Waals surface area contributed by atoms with Crippen molar-refractivity contribution < 1.29 is 44.9 Å². The number of pyridine rings is 1. The Hall–Kier alpha value is -1.98. The number of aliphatic hydroxyl groups excluding tert-OH is 4. The summed E-state index contributed by atoms with van der Waals surface area (Å²) in [5.74, 6) is -2.58. The van der Waals surface area contributed by atoms with Gasteiger partial charge in [0.05, 0.1) is 12.8 Å². The predicted molar refractivity (Wildman–Crippen MR) is 67.3 cm³/mol. The van der Waals surface area contributed by atoms with Crippen LogP contribution in [0.3, 0.4) is 0 Å². The highest BCUT2D eigenvalue weighted by atomic mass is 16.7. The number of carboxylic acids is 1. The monoisotopic (exact) mass is 317 g/mol. The average Bonchev–Trinajstić information content (AvgIpc) is 2.49. The second kappa shape index (κ2) is 6.42. The number of aliphatic hydroxyl groups is 4. The molecule has 0 unspecified atom stereocenters. The van der Waals surface area contributed by atoms with Crippen LogP contribution in [0.15, 0.2) is 12.4 Å². The molecule has 0 amide bonds. The van der Waals surface area contributed by atoms with Gasteiger partial charge in [-0.1, -0.05) is 0 Å². The zero-order chi connectivity index (χ0) is 16.4. The number of rotatable bonds is 4. The lowest BCUT2D eigenvalue weighted by Gasteiger charge is -2.39. The third-order valence-corrected chi connectivity index (χ3v) is 3.19. The molecule has 0 saturated carbocycles. The van der Waals surface area contributed by atoms with Crippen molar-refractivity contribution in [3.05, 3.63) is 18.0 Å². The predicted octanol–water partition coefficient (Wildman–Crippen LogP) is -2.34. The first-order chi connectivity index (χ1) is 10.4. The van der Waals surface area contributed by atoms with Gasteiger partial charge in [0.2, 0.25) is 6.29 Å². The van der Waals surface area contributed by atoms with Crippen molar-refractivity contribution in [2.75, 3.05) is 6.61 Å². The molecule has 22 heavy (non-hydrogen) atoms. The van der Waals surface area contributed by atoms with Crippen LogP contribution in [0, 0.1) is 0 Å². The van der Waals surface area contributed by atoms with E-state index in [9.17, 15) is 25.2 Å². The zero-order valence-corrected chi connectivity index (χ0v) is 11.1. The Morgan fingerprint density at radius 1 is 1.23 bits per heavy atom. The maximum atomic E-state index is 11.1. The minimum Gasteiger partial charge on any atom is -0.503 e. The van der Waals surface area contributed by atoms with Crippen LogP contribution < -0.4 is 4.74 Å². The summed E-state index contributed by atoms with van der Waals surface area (Å²) in [7, 11) is 0. The Morgan fingerprint density at radius 2 is 1.91 bits per heavy atom. The van der Waals surface area contributed by atoms with E-state index in [1.165, 1.54) is 0 Å². The van der Waals surface area contributed by atoms with Crippen LogP contribution in [0.1, 0.15) is 10.4 Å². The second-order valence-corrected chi connectivity index (χ2v) is 4.66. The number of aromatic nitrogens is 1. The summed E-state index contributed by atoms with van der Waals surface area (Å²) in [5, 5.41) is 56.8. The van der Waals surface area contributed by atoms with E-state index in [4.69, 9.17) is 19.7 Å². The molecule has 0 bridgehead atoms. The molecule has 0 aliphatic carbocycles. The number of aromatic hydroxyl groups is 1. The van der Waals surface area contributed by atoms with Crippen LogP contribution in [0.5, 0.6) is 11.5 Å². The van der Waals surface area contributed by atoms with E-state index in [1.54, 1.807) is 0 Å². The van der Waals surface area contributed by atoms with E-state index in [-0.39, 0.29) is 0 Å². The fraction of sp³-hybridized carbons (Fsp3) is 0.500. The van der Waals surface area contributed by atoms with Crippen molar-refractivity contribution in [3.63, 3.8) is 0 Å². The Balaban J connectivity index is 2.28. The third-order valence-electron chi connectivity index (χ3n) is 3.19. The highest BCUT2D eigenvalue weighted by molar-refractivity contribution is 5.91. The highest BCUT2D eigenvalue weighted by Gasteiger charge is 2.45. The topological polar surface area (TPSA) is 170 Å². The number of ether oxygens (including phenoxy) is 2. The summed E-state index contributed by atoms with van der Waals surface area (Å²) in [6.45, 7) is -0.668. The number of aromatic carboxylic acids is 1. The maximum Gasteiger partial charge on any atom is 0.341 e. The van der Waals surface area contributed by atoms with Gasteiger partial charge < -0.3 is 40.1 Å². The van der Waals surface area contributed by atoms with Crippen LogP contribution in [0.25, 0.3) is 0 Å². The summed E-state index contributed by atoms with van der Waals surface area (Å²) < 4.78 is 10.2. The number of nitrogens with zero attached hydrogens (tertiary/aromatic N) is 1. The second-order valence-electron chi connectivity index (χ2n) is 4.66. The van der Waals surface area contributed by atoms with Gasteiger partial charge in [0.25, 0.3) is 0 Å². The molecule has 1 aromatic rings. The number of carbonyl (C=O) groups is 1. The van der Waals surface area contributed by atoms with E-state index < -0.39 is 60.3 Å². The number of hydrogen-bond donors (Lipinski definition) is 6. The molecule has 1 aromatic heterocycles. The number of hydrogen-bond acceptors (Lipinski definition) is 9. The van der Waals surface area contributed by atoms with Crippen molar-refractivity contribution in [1.29, 1.82) is 0 Å². The first-order valence-electron chi connectivity index (χ1n) is 6.24. The highest BCUT2D eigenvalue weighted by Crippen LogP contribution is 2.32. The Kier molecular flexibility index (Phi) is 4.78. The Labute approximate surface area is 123 Å². The van der Waals surface area contributed by atoms with Gasteiger partial charge in [0.15, 0.2) is 11.5 Å². The van der Waals surface area contributed by atoms with Gasteiger partial charge >= 0.3 is 5.97 Å². The molecule has 10 heteroatoms. The minimum absolute atomic E-state index is 0.489. The van der Waals surface area contributed by atoms with Gasteiger partial charge in [0, 0.05) is 6.20 Å². The lowest BCUT2D eigenvalue weighted by Crippen LogP contribution is -2.60. The van der Waals surface area contributed by atoms with Crippen molar-refractivity contribution >= 4 is 5.97 Å². The quantitative estimate of drug-likeness (QED) is 0.354. The van der Waals surface area contributed by atoms with E-state index in [2.05, 4.69) is 4.98 Å². The van der Waals surface area contributed by atoms with E-state index in [0.717, 1.165) is 12.4 Å². The molecule has 2 heterocycles. The summed E-state index contributed by atoms with van der Waals surface area (Å²) in [4.78, 5) is 14.6. The molecule has 2 rings (SSSR count). The summed E-state index contributed by atoms with van der Waals surface area (Å²) >= 11 is 0. The molecule has 0 aromatic carbocycles. The van der Waals surface area contributed by atoms with Gasteiger partial charge in [-0.2, -0.15) is 0 Å². The number of carboxylic acid groups (broad SMARTS) is 1. The SMILES string of the molecule is O=C(O)c1cncc(O)c1O[C@@H]1O[C@H](CO)[C@@H](O)[C@H](O)[C@H]1O. The fourth-order valence-corrected chi connectivity index (χ4v) is 1.99. The molecule has 0 spiro atoms. The van der Waals surface area contributed by atoms with Gasteiger partial charge in [0.1, 0.15) is 30.0 Å². The normalized spacial score (nSPS) is 31.7. The lowest BCUT2D eigenvalue weighted by atomic mass is 9.99. The first kappa shape index (κ1) is 16.4. The molecular formula is C12H15NO9. The van der Waals surface area contributed by atoms with Gasteiger partial charge in [-0.25, -0.2) is 4.79 Å². The molecule has 0 radical (unpaired) electrons. The molecule has 1 aliphatic rings. The van der Waals surface area contributed by atoms with Crippen LogP contribution in [-0.2, 0) is 4.74 Å². The standard InChI is InChI=1S/C12H15NO9/c14-3-6-7(16)8(17)9(18)12(21-6)22-10-4(11(19)20)1-13-2-5(10)15/h1-2,6-9,12,14-18H,3H2,(H,19,20)/t6-,7-,8+,9-,12+/m1/s1. The lowest BCUT2D eigenvalue weighted by molar-refractivity contribution is -0.277. The van der Waals surface area contributed by atoms with Crippen LogP contribution in [0.2, 0.25) is 0 Å². The third kappa shape index (κ3) is 2.96. The smallest absolute Gasteiger partial charge is 0.341 e. The fourth-order valence-electron chi connectivity index (χ4n) is 1.99. The summed E-state index contributed by atoms with van der Waals surface area (Å²) in [5.41, 5.74) is -0.489. The van der Waals surface area contributed by atoms with Crippen LogP contribution >= 0.6 is 0 Å². The van der Waals surface area contributed by atoms with Crippen molar-refractivity contribution in [1.82, 2.24) is 4.98 Å². The van der Waals surface area contributed by atoms with Gasteiger partial charge in [-0.3, -0.25) is 4.98 Å². The van der Waals surface area contributed by atoms with E-state index in [0.29, 0.717) is 0 Å². The summed E-state index contributed by atoms with van der Waals surface area (Å²) in [6, 6.07) is 0. The van der Waals surface area contributed by atoms with Crippen molar-refractivity contribution in [2.45, 2.75) is 30.7 Å². The zero-order valence-electron chi connectivity index (χ0n) is 11.1. The average molecular weight is 317 g/mol. The van der Waals surface area contributed by atoms with Crippen molar-refractivity contribution in [3.8, 4) is 11.5 Å². The van der Waals surface area contributed by atoms with Crippen molar-refractivity contribution in [2.24, 2.45) is 0 Å². The molecule has 6 N–H and O–H groups in total. The molecule has 5 atom stereocenters. The van der Waals surface area contributed by atoms with E-state index in [1.807, 2.05) is 0 Å². The van der Waals surface area contributed by atoms with Crippen LogP contribution in [0.4, 0.5) is 0 Å². The summed E-state index contributed by atoms with van der Waals surface area (Å²) in [6.07, 6.45) is -5.99. The Morgan fingerprint density at radius 3 is 2.50 bits per heavy atom. The van der Waals surface area contributed by atoms with E-state index >= 15 is 0 Å². The molecule has 10 nitrogen and oxygen atoms in total. The van der Waals surface area contributed by atoms with Crippen LogP contribution in [-0.4, -0.2) is 78.9 Å². The maximum absolute atomic E-state index is 11.1. The minimum atomic E-state index is -1.73. The molecule has 1 aliphatic heterocycles. The largest absolute Gasteiger partial charge is 0.503 e. The molecule has 1 fully saturated rings. The molecular weight excluding hydrogens is 302 g/mol. The molecule has 122 valence electrons. The Bertz CT molecular complexity index is 549. The molecule has 1 saturated heterocycles. The first-order valence-corrected chi connectivity index (χ1v) is 6.24. The van der Waals surface area contributed by atoms with Gasteiger partial charge in [-0.15, -0.1) is 0 Å².